The summed E-state index contributed by atoms with van der Waals surface area (Å²) in [6.45, 7) is 3.05. The quantitative estimate of drug-likeness (QED) is 0.395. The zero-order valence-electron chi connectivity index (χ0n) is 16.5. The number of rotatable bonds is 8. The van der Waals surface area contributed by atoms with Gasteiger partial charge in [0.25, 0.3) is 21.6 Å². The summed E-state index contributed by atoms with van der Waals surface area (Å²) in [5.74, 6) is -0.149. The number of nitro groups is 1. The number of non-ortho nitro benzene ring substituents is 1. The van der Waals surface area contributed by atoms with Crippen molar-refractivity contribution < 1.29 is 27.4 Å². The number of nitrogens with zero attached hydrogens (tertiary/aromatic N) is 2. The molecule has 162 valence electrons. The minimum atomic E-state index is -3.89. The number of hydrogen-bond donors (Lipinski definition) is 2. The van der Waals surface area contributed by atoms with Crippen LogP contribution in [0.25, 0.3) is 0 Å². The Kier molecular flexibility index (Phi) is 6.20. The lowest BCUT2D eigenvalue weighted by Gasteiger charge is -2.09. The average molecular weight is 446 g/mol. The Morgan fingerprint density at radius 1 is 1.13 bits per heavy atom. The molecule has 0 aliphatic rings. The molecule has 0 aliphatic heterocycles. The Bertz CT molecular complexity index is 1200. The SMILES string of the molecule is Cc1noc(NS(=O)(=O)c2ccc(NC(=O)COc3ccc([N+](=O)[O-])cc3)cc2)c1C. The van der Waals surface area contributed by atoms with Crippen molar-refractivity contribution >= 4 is 33.2 Å². The summed E-state index contributed by atoms with van der Waals surface area (Å²) in [6.07, 6.45) is 0. The average Bonchev–Trinajstić information content (AvgIpc) is 3.04. The van der Waals surface area contributed by atoms with Gasteiger partial charge in [0.15, 0.2) is 6.61 Å². The fourth-order valence-electron chi connectivity index (χ4n) is 2.42. The molecule has 0 aliphatic carbocycles. The van der Waals surface area contributed by atoms with Crippen molar-refractivity contribution in [1.29, 1.82) is 0 Å². The zero-order chi connectivity index (χ0) is 22.6. The maximum absolute atomic E-state index is 12.5. The number of benzene rings is 2. The number of anilines is 2. The number of carbonyl (C=O) groups excluding carboxylic acids is 1. The van der Waals surface area contributed by atoms with Gasteiger partial charge in [0.05, 0.1) is 15.5 Å². The van der Waals surface area contributed by atoms with Crippen molar-refractivity contribution in [2.24, 2.45) is 0 Å². The van der Waals surface area contributed by atoms with E-state index < -0.39 is 20.9 Å². The number of ether oxygens (including phenoxy) is 1. The molecule has 0 radical (unpaired) electrons. The third-order valence-electron chi connectivity index (χ3n) is 4.25. The lowest BCUT2D eigenvalue weighted by molar-refractivity contribution is -0.384. The molecule has 0 fully saturated rings. The van der Waals surface area contributed by atoms with Gasteiger partial charge in [-0.15, -0.1) is 0 Å². The molecule has 3 rings (SSSR count). The van der Waals surface area contributed by atoms with Crippen molar-refractivity contribution in [3.8, 4) is 5.75 Å². The van der Waals surface area contributed by atoms with E-state index >= 15 is 0 Å². The third kappa shape index (κ3) is 5.36. The first-order valence-electron chi connectivity index (χ1n) is 8.88. The van der Waals surface area contributed by atoms with E-state index in [4.69, 9.17) is 9.26 Å². The summed E-state index contributed by atoms with van der Waals surface area (Å²) in [5.41, 5.74) is 1.44. The molecule has 12 heteroatoms. The first-order valence-corrected chi connectivity index (χ1v) is 10.4. The monoisotopic (exact) mass is 446 g/mol. The molecular weight excluding hydrogens is 428 g/mol. The van der Waals surface area contributed by atoms with Gasteiger partial charge in [-0.3, -0.25) is 14.9 Å². The van der Waals surface area contributed by atoms with Crippen LogP contribution in [0.2, 0.25) is 0 Å². The normalized spacial score (nSPS) is 11.0. The Labute approximate surface area is 177 Å². The van der Waals surface area contributed by atoms with Gasteiger partial charge in [0.2, 0.25) is 5.88 Å². The number of aryl methyl sites for hydroxylation is 1. The third-order valence-corrected chi connectivity index (χ3v) is 5.60. The number of nitrogens with one attached hydrogen (secondary N) is 2. The molecule has 0 bridgehead atoms. The minimum Gasteiger partial charge on any atom is -0.484 e. The second-order valence-electron chi connectivity index (χ2n) is 6.44. The van der Waals surface area contributed by atoms with E-state index in [-0.39, 0.29) is 23.1 Å². The highest BCUT2D eigenvalue weighted by atomic mass is 32.2. The van der Waals surface area contributed by atoms with Crippen molar-refractivity contribution in [2.45, 2.75) is 18.7 Å². The van der Waals surface area contributed by atoms with Crippen LogP contribution < -0.4 is 14.8 Å². The second kappa shape index (κ2) is 8.83. The van der Waals surface area contributed by atoms with Crippen LogP contribution >= 0.6 is 0 Å². The smallest absolute Gasteiger partial charge is 0.269 e. The van der Waals surface area contributed by atoms with E-state index in [1.807, 2.05) is 0 Å². The van der Waals surface area contributed by atoms with Gasteiger partial charge in [0.1, 0.15) is 5.75 Å². The predicted octanol–water partition coefficient (Wildman–Crippen LogP) is 3.02. The number of sulfonamides is 1. The molecule has 1 heterocycles. The summed E-state index contributed by atoms with van der Waals surface area (Å²) in [6, 6.07) is 10.8. The van der Waals surface area contributed by atoms with Gasteiger partial charge in [-0.1, -0.05) is 5.16 Å². The molecule has 3 aromatic rings. The van der Waals surface area contributed by atoms with Crippen LogP contribution in [0.15, 0.2) is 57.9 Å². The van der Waals surface area contributed by atoms with Crippen LogP contribution in [0.1, 0.15) is 11.3 Å². The number of nitro benzene ring substituents is 1. The first kappa shape index (κ1) is 21.8. The Morgan fingerprint density at radius 3 is 2.32 bits per heavy atom. The van der Waals surface area contributed by atoms with E-state index in [0.29, 0.717) is 22.7 Å². The molecule has 0 saturated carbocycles. The highest BCUT2D eigenvalue weighted by molar-refractivity contribution is 7.92. The maximum Gasteiger partial charge on any atom is 0.269 e. The number of amides is 1. The number of carbonyl (C=O) groups is 1. The molecule has 0 atom stereocenters. The summed E-state index contributed by atoms with van der Waals surface area (Å²) in [4.78, 5) is 22.1. The fraction of sp³-hybridized carbons (Fsp3) is 0.158. The van der Waals surface area contributed by atoms with Gasteiger partial charge < -0.3 is 14.6 Å². The lowest BCUT2D eigenvalue weighted by atomic mass is 10.3. The van der Waals surface area contributed by atoms with Crippen molar-refractivity contribution in [2.75, 3.05) is 16.6 Å². The van der Waals surface area contributed by atoms with Crippen LogP contribution in [-0.4, -0.2) is 31.0 Å². The molecule has 0 spiro atoms. The standard InChI is InChI=1S/C19H18N4O7S/c1-12-13(2)21-30-19(12)22-31(27,28)17-9-3-14(4-10-17)20-18(24)11-29-16-7-5-15(6-8-16)23(25)26/h3-10,22H,11H2,1-2H3,(H,20,24). The van der Waals surface area contributed by atoms with E-state index in [0.717, 1.165) is 0 Å². The van der Waals surface area contributed by atoms with Crippen molar-refractivity contribution in [3.63, 3.8) is 0 Å². The zero-order valence-corrected chi connectivity index (χ0v) is 17.3. The highest BCUT2D eigenvalue weighted by Crippen LogP contribution is 2.23. The Balaban J connectivity index is 1.57. The van der Waals surface area contributed by atoms with E-state index in [1.165, 1.54) is 48.5 Å². The summed E-state index contributed by atoms with van der Waals surface area (Å²) in [5, 5.41) is 16.9. The van der Waals surface area contributed by atoms with Gasteiger partial charge in [-0.2, -0.15) is 0 Å². The summed E-state index contributed by atoms with van der Waals surface area (Å²) in [7, 11) is -3.89. The van der Waals surface area contributed by atoms with Gasteiger partial charge >= 0.3 is 0 Å². The van der Waals surface area contributed by atoms with Gasteiger partial charge in [-0.25, -0.2) is 13.1 Å². The Hall–Kier alpha value is -3.93. The molecular formula is C19H18N4O7S. The molecule has 1 aromatic heterocycles. The van der Waals surface area contributed by atoms with Gasteiger partial charge in [0, 0.05) is 23.4 Å². The predicted molar refractivity (Wildman–Crippen MR) is 110 cm³/mol. The lowest BCUT2D eigenvalue weighted by Crippen LogP contribution is -2.20. The second-order valence-corrected chi connectivity index (χ2v) is 8.12. The summed E-state index contributed by atoms with van der Waals surface area (Å²) < 4.78 is 37.5. The van der Waals surface area contributed by atoms with Crippen molar-refractivity contribution in [1.82, 2.24) is 5.16 Å². The van der Waals surface area contributed by atoms with Crippen molar-refractivity contribution in [3.05, 3.63) is 69.9 Å². The largest absolute Gasteiger partial charge is 0.484 e. The van der Waals surface area contributed by atoms with E-state index in [1.54, 1.807) is 13.8 Å². The van der Waals surface area contributed by atoms with E-state index in [9.17, 15) is 23.3 Å². The fourth-order valence-corrected chi connectivity index (χ4v) is 3.47. The molecule has 1 amide bonds. The molecule has 0 unspecified atom stereocenters. The maximum atomic E-state index is 12.5. The molecule has 31 heavy (non-hydrogen) atoms. The molecule has 2 N–H and O–H groups in total. The van der Waals surface area contributed by atoms with Crippen LogP contribution in [0.3, 0.4) is 0 Å². The number of aromatic nitrogens is 1. The Morgan fingerprint density at radius 2 is 1.77 bits per heavy atom. The molecule has 0 saturated heterocycles. The van der Waals surface area contributed by atoms with Crippen LogP contribution in [0.5, 0.6) is 5.75 Å². The van der Waals surface area contributed by atoms with Crippen LogP contribution in [0.4, 0.5) is 17.3 Å². The first-order chi connectivity index (χ1) is 14.7. The minimum absolute atomic E-state index is 0.0268. The number of hydrogen-bond acceptors (Lipinski definition) is 8. The van der Waals surface area contributed by atoms with Crippen LogP contribution in [0, 0.1) is 24.0 Å². The highest BCUT2D eigenvalue weighted by Gasteiger charge is 2.19. The van der Waals surface area contributed by atoms with Crippen LogP contribution in [-0.2, 0) is 14.8 Å². The summed E-state index contributed by atoms with van der Waals surface area (Å²) >= 11 is 0. The topological polar surface area (TPSA) is 154 Å². The molecule has 2 aromatic carbocycles. The van der Waals surface area contributed by atoms with Gasteiger partial charge in [-0.05, 0) is 50.2 Å². The van der Waals surface area contributed by atoms with E-state index in [2.05, 4.69) is 15.2 Å². The molecule has 11 nitrogen and oxygen atoms in total.